The second kappa shape index (κ2) is 7.06. The Morgan fingerprint density at radius 2 is 1.89 bits per heavy atom. The fourth-order valence-corrected chi connectivity index (χ4v) is 2.11. The van der Waals surface area contributed by atoms with E-state index in [0.717, 1.165) is 11.3 Å². The molecule has 0 aliphatic rings. The first-order chi connectivity index (χ1) is 8.58. The van der Waals surface area contributed by atoms with E-state index in [-0.39, 0.29) is 12.5 Å². The molecule has 0 fully saturated rings. The van der Waals surface area contributed by atoms with Crippen LogP contribution in [0.4, 0.5) is 0 Å². The van der Waals surface area contributed by atoms with Crippen LogP contribution >= 0.6 is 11.8 Å². The first-order valence-corrected chi connectivity index (χ1v) is 7.06. The van der Waals surface area contributed by atoms with Crippen LogP contribution in [0.3, 0.4) is 0 Å². The van der Waals surface area contributed by atoms with Gasteiger partial charge in [0.25, 0.3) is 5.91 Å². The molecule has 0 saturated carbocycles. The summed E-state index contributed by atoms with van der Waals surface area (Å²) in [5, 5.41) is 8.73. The maximum Gasteiger partial charge on any atom is 0.323 e. The normalized spacial score (nSPS) is 10.1. The molecule has 0 heterocycles. The molecule has 1 amide bonds. The minimum atomic E-state index is -0.996. The van der Waals surface area contributed by atoms with Crippen molar-refractivity contribution >= 4 is 23.6 Å². The highest BCUT2D eigenvalue weighted by Crippen LogP contribution is 2.12. The number of benzene rings is 1. The lowest BCUT2D eigenvalue weighted by Gasteiger charge is -2.18. The third kappa shape index (κ3) is 4.07. The SMILES string of the molecule is CCN(CC(=O)O)C(=O)c1ccc(CSC)cc1. The predicted octanol–water partition coefficient (Wildman–Crippen LogP) is 2.10. The number of nitrogens with zero attached hydrogens (tertiary/aromatic N) is 1. The molecule has 0 bridgehead atoms. The Morgan fingerprint density at radius 3 is 2.33 bits per heavy atom. The van der Waals surface area contributed by atoms with Crippen LogP contribution in [0.2, 0.25) is 0 Å². The average molecular weight is 267 g/mol. The molecule has 1 aromatic carbocycles. The number of carboxylic acid groups (broad SMARTS) is 1. The second-order valence-corrected chi connectivity index (χ2v) is 4.71. The topological polar surface area (TPSA) is 57.6 Å². The van der Waals surface area contributed by atoms with Crippen molar-refractivity contribution < 1.29 is 14.7 Å². The van der Waals surface area contributed by atoms with Crippen LogP contribution in [0.15, 0.2) is 24.3 Å². The number of likely N-dealkylation sites (N-methyl/N-ethyl adjacent to an activating group) is 1. The predicted molar refractivity (Wildman–Crippen MR) is 72.9 cm³/mol. The summed E-state index contributed by atoms with van der Waals surface area (Å²) < 4.78 is 0. The second-order valence-electron chi connectivity index (χ2n) is 3.84. The number of rotatable bonds is 6. The standard InChI is InChI=1S/C13H17NO3S/c1-3-14(8-12(15)16)13(17)11-6-4-10(5-7-11)9-18-2/h4-7H,3,8-9H2,1-2H3,(H,15,16). The summed E-state index contributed by atoms with van der Waals surface area (Å²) in [4.78, 5) is 24.0. The van der Waals surface area contributed by atoms with Crippen molar-refractivity contribution in [2.24, 2.45) is 0 Å². The number of thioether (sulfide) groups is 1. The fraction of sp³-hybridized carbons (Fsp3) is 0.385. The maximum absolute atomic E-state index is 12.0. The van der Waals surface area contributed by atoms with Gasteiger partial charge in [0.1, 0.15) is 6.54 Å². The lowest BCUT2D eigenvalue weighted by atomic mass is 10.1. The Balaban J connectivity index is 2.78. The number of carboxylic acids is 1. The summed E-state index contributed by atoms with van der Waals surface area (Å²) in [5.41, 5.74) is 1.68. The van der Waals surface area contributed by atoms with Crippen LogP contribution in [0.1, 0.15) is 22.8 Å². The molecule has 4 nitrogen and oxygen atoms in total. The highest BCUT2D eigenvalue weighted by atomic mass is 32.2. The molecule has 5 heteroatoms. The molecular formula is C13H17NO3S. The van der Waals surface area contributed by atoms with Crippen molar-refractivity contribution in [3.63, 3.8) is 0 Å². The van der Waals surface area contributed by atoms with E-state index in [4.69, 9.17) is 5.11 Å². The van der Waals surface area contributed by atoms with Crippen molar-refractivity contribution in [3.05, 3.63) is 35.4 Å². The smallest absolute Gasteiger partial charge is 0.323 e. The van der Waals surface area contributed by atoms with Gasteiger partial charge in [-0.25, -0.2) is 0 Å². The van der Waals surface area contributed by atoms with E-state index in [9.17, 15) is 9.59 Å². The largest absolute Gasteiger partial charge is 0.480 e. The van der Waals surface area contributed by atoms with Gasteiger partial charge in [0.05, 0.1) is 0 Å². The van der Waals surface area contributed by atoms with Gasteiger partial charge in [0.2, 0.25) is 0 Å². The van der Waals surface area contributed by atoms with Gasteiger partial charge in [-0.2, -0.15) is 11.8 Å². The molecule has 0 aromatic heterocycles. The van der Waals surface area contributed by atoms with Crippen LogP contribution in [0.25, 0.3) is 0 Å². The Hall–Kier alpha value is -1.49. The van der Waals surface area contributed by atoms with Crippen molar-refractivity contribution in [1.29, 1.82) is 0 Å². The summed E-state index contributed by atoms with van der Waals surface area (Å²) in [6.45, 7) is 1.89. The Morgan fingerprint density at radius 1 is 1.28 bits per heavy atom. The van der Waals surface area contributed by atoms with Gasteiger partial charge in [0, 0.05) is 17.9 Å². The molecule has 98 valence electrons. The molecule has 0 spiro atoms. The molecule has 0 saturated heterocycles. The Bertz CT molecular complexity index is 417. The minimum absolute atomic E-state index is 0.240. The van der Waals surface area contributed by atoms with Gasteiger partial charge in [-0.1, -0.05) is 12.1 Å². The van der Waals surface area contributed by atoms with Gasteiger partial charge < -0.3 is 10.0 Å². The third-order valence-corrected chi connectivity index (χ3v) is 3.13. The zero-order chi connectivity index (χ0) is 13.5. The summed E-state index contributed by atoms with van der Waals surface area (Å²) in [7, 11) is 0. The molecule has 1 N–H and O–H groups in total. The lowest BCUT2D eigenvalue weighted by Crippen LogP contribution is -2.35. The monoisotopic (exact) mass is 267 g/mol. The summed E-state index contributed by atoms with van der Waals surface area (Å²) >= 11 is 1.72. The van der Waals surface area contributed by atoms with E-state index in [0.29, 0.717) is 12.1 Å². The number of carbonyl (C=O) groups is 2. The molecule has 0 aliphatic heterocycles. The van der Waals surface area contributed by atoms with E-state index in [1.807, 2.05) is 18.4 Å². The number of hydrogen-bond acceptors (Lipinski definition) is 3. The number of carbonyl (C=O) groups excluding carboxylic acids is 1. The van der Waals surface area contributed by atoms with Crippen LogP contribution in [0.5, 0.6) is 0 Å². The van der Waals surface area contributed by atoms with Gasteiger partial charge in [-0.05, 0) is 30.9 Å². The molecule has 1 rings (SSSR count). The maximum atomic E-state index is 12.0. The summed E-state index contributed by atoms with van der Waals surface area (Å²) in [5.74, 6) is -0.332. The van der Waals surface area contributed by atoms with Crippen molar-refractivity contribution in [2.45, 2.75) is 12.7 Å². The fourth-order valence-electron chi connectivity index (χ4n) is 1.58. The Labute approximate surface area is 111 Å². The molecular weight excluding hydrogens is 250 g/mol. The summed E-state index contributed by atoms with van der Waals surface area (Å²) in [6.07, 6.45) is 2.02. The first-order valence-electron chi connectivity index (χ1n) is 5.67. The molecule has 0 atom stereocenters. The zero-order valence-electron chi connectivity index (χ0n) is 10.5. The quantitative estimate of drug-likeness (QED) is 0.857. The van der Waals surface area contributed by atoms with Crippen molar-refractivity contribution in [3.8, 4) is 0 Å². The highest BCUT2D eigenvalue weighted by Gasteiger charge is 2.16. The van der Waals surface area contributed by atoms with E-state index >= 15 is 0 Å². The third-order valence-electron chi connectivity index (χ3n) is 2.51. The van der Waals surface area contributed by atoms with Gasteiger partial charge in [-0.15, -0.1) is 0 Å². The van der Waals surface area contributed by atoms with Crippen LogP contribution < -0.4 is 0 Å². The van der Waals surface area contributed by atoms with Crippen molar-refractivity contribution in [2.75, 3.05) is 19.3 Å². The Kier molecular flexibility index (Phi) is 5.71. The zero-order valence-corrected chi connectivity index (χ0v) is 11.4. The number of amides is 1. The van der Waals surface area contributed by atoms with Crippen LogP contribution in [0, 0.1) is 0 Å². The number of aliphatic carboxylic acids is 1. The van der Waals surface area contributed by atoms with Gasteiger partial charge in [-0.3, -0.25) is 9.59 Å². The van der Waals surface area contributed by atoms with Crippen LogP contribution in [-0.4, -0.2) is 41.2 Å². The van der Waals surface area contributed by atoms with E-state index < -0.39 is 5.97 Å². The first kappa shape index (κ1) is 14.6. The molecule has 0 unspecified atom stereocenters. The highest BCUT2D eigenvalue weighted by molar-refractivity contribution is 7.97. The minimum Gasteiger partial charge on any atom is -0.480 e. The van der Waals surface area contributed by atoms with Gasteiger partial charge >= 0.3 is 5.97 Å². The summed E-state index contributed by atoms with van der Waals surface area (Å²) in [6, 6.07) is 7.30. The van der Waals surface area contributed by atoms with Gasteiger partial charge in [0.15, 0.2) is 0 Å². The molecule has 0 radical (unpaired) electrons. The van der Waals surface area contributed by atoms with E-state index in [1.165, 1.54) is 4.90 Å². The lowest BCUT2D eigenvalue weighted by molar-refractivity contribution is -0.137. The van der Waals surface area contributed by atoms with Crippen LogP contribution in [-0.2, 0) is 10.5 Å². The van der Waals surface area contributed by atoms with E-state index in [2.05, 4.69) is 0 Å². The molecule has 18 heavy (non-hydrogen) atoms. The molecule has 0 aliphatic carbocycles. The van der Waals surface area contributed by atoms with Crippen molar-refractivity contribution in [1.82, 2.24) is 4.90 Å². The average Bonchev–Trinajstić information content (AvgIpc) is 2.36. The molecule has 1 aromatic rings. The van der Waals surface area contributed by atoms with E-state index in [1.54, 1.807) is 30.8 Å². The number of hydrogen-bond donors (Lipinski definition) is 1.